The van der Waals surface area contributed by atoms with E-state index in [2.05, 4.69) is 28.4 Å². The molecule has 0 spiro atoms. The standard InChI is InChI=1S/C29H32ClF2N7O2/c1-3-23(41)37-11-13-38(14-12-37)28-19-15-20(30)24(25-21(31)5-4-6-22(25)40)26(32)27(19)33-29(34-28)39-16-18(17-39)36-9-7-35(2)8-10-36/h3-6,15,18,40H,1,7-14,16-17H2,2H3. The van der Waals surface area contributed by atoms with Gasteiger partial charge in [0.15, 0.2) is 5.82 Å². The second-order valence-corrected chi connectivity index (χ2v) is 11.2. The molecule has 2 aromatic carbocycles. The number of amides is 1. The van der Waals surface area contributed by atoms with Gasteiger partial charge in [-0.25, -0.2) is 13.8 Å². The zero-order valence-electron chi connectivity index (χ0n) is 22.9. The van der Waals surface area contributed by atoms with E-state index in [0.717, 1.165) is 32.2 Å². The monoisotopic (exact) mass is 583 g/mol. The van der Waals surface area contributed by atoms with Crippen LogP contribution in [0.1, 0.15) is 0 Å². The number of benzene rings is 2. The molecule has 41 heavy (non-hydrogen) atoms. The Balaban J connectivity index is 1.40. The Kier molecular flexibility index (Phi) is 7.43. The van der Waals surface area contributed by atoms with Crippen LogP contribution in [0.2, 0.25) is 5.02 Å². The number of piperazine rings is 2. The van der Waals surface area contributed by atoms with Crippen molar-refractivity contribution in [2.24, 2.45) is 0 Å². The molecular formula is C29H32ClF2N7O2. The number of nitrogens with zero attached hydrogens (tertiary/aromatic N) is 7. The molecule has 1 amide bonds. The highest BCUT2D eigenvalue weighted by atomic mass is 35.5. The van der Waals surface area contributed by atoms with Crippen LogP contribution in [-0.2, 0) is 4.79 Å². The van der Waals surface area contributed by atoms with Crippen molar-refractivity contribution < 1.29 is 18.7 Å². The highest BCUT2D eigenvalue weighted by Crippen LogP contribution is 2.43. The summed E-state index contributed by atoms with van der Waals surface area (Å²) in [5, 5.41) is 10.7. The number of carbonyl (C=O) groups excluding carboxylic acids is 1. The van der Waals surface area contributed by atoms with Gasteiger partial charge in [-0.1, -0.05) is 24.2 Å². The molecule has 0 unspecified atom stereocenters. The molecule has 216 valence electrons. The first-order valence-corrected chi connectivity index (χ1v) is 14.1. The summed E-state index contributed by atoms with van der Waals surface area (Å²) in [5.74, 6) is -1.29. The molecule has 1 N–H and O–H groups in total. The topological polar surface area (TPSA) is 79.3 Å². The summed E-state index contributed by atoms with van der Waals surface area (Å²) in [6, 6.07) is 5.68. The summed E-state index contributed by atoms with van der Waals surface area (Å²) < 4.78 is 31.2. The van der Waals surface area contributed by atoms with Crippen LogP contribution in [0.3, 0.4) is 0 Å². The Morgan fingerprint density at radius 3 is 2.39 bits per heavy atom. The van der Waals surface area contributed by atoms with Crippen LogP contribution < -0.4 is 9.80 Å². The lowest BCUT2D eigenvalue weighted by molar-refractivity contribution is -0.126. The minimum atomic E-state index is -0.825. The van der Waals surface area contributed by atoms with Crippen LogP contribution in [0.4, 0.5) is 20.5 Å². The van der Waals surface area contributed by atoms with Crippen molar-refractivity contribution in [1.82, 2.24) is 24.7 Å². The van der Waals surface area contributed by atoms with E-state index in [1.54, 1.807) is 4.90 Å². The van der Waals surface area contributed by atoms with Crippen LogP contribution in [0, 0.1) is 11.6 Å². The molecule has 12 heteroatoms. The van der Waals surface area contributed by atoms with E-state index in [1.807, 2.05) is 9.80 Å². The molecule has 0 atom stereocenters. The molecule has 3 aliphatic rings. The fraction of sp³-hybridized carbons (Fsp3) is 0.414. The minimum Gasteiger partial charge on any atom is -0.507 e. The van der Waals surface area contributed by atoms with Crippen molar-refractivity contribution in [3.63, 3.8) is 0 Å². The number of rotatable bonds is 5. The van der Waals surface area contributed by atoms with E-state index in [9.17, 15) is 14.3 Å². The Morgan fingerprint density at radius 1 is 1.02 bits per heavy atom. The van der Waals surface area contributed by atoms with Gasteiger partial charge in [0.25, 0.3) is 0 Å². The third-order valence-electron chi connectivity index (χ3n) is 8.36. The fourth-order valence-electron chi connectivity index (χ4n) is 5.84. The molecule has 4 heterocycles. The molecule has 3 fully saturated rings. The van der Waals surface area contributed by atoms with Gasteiger partial charge in [0.1, 0.15) is 22.9 Å². The molecule has 3 saturated heterocycles. The summed E-state index contributed by atoms with van der Waals surface area (Å²) >= 11 is 6.56. The zero-order valence-corrected chi connectivity index (χ0v) is 23.6. The average molecular weight is 584 g/mol. The second kappa shape index (κ2) is 11.0. The predicted octanol–water partition coefficient (Wildman–Crippen LogP) is 3.20. The molecule has 0 bridgehead atoms. The summed E-state index contributed by atoms with van der Waals surface area (Å²) in [5.41, 5.74) is -0.556. The van der Waals surface area contributed by atoms with Gasteiger partial charge in [-0.05, 0) is 31.3 Å². The largest absolute Gasteiger partial charge is 0.507 e. The number of aromatic nitrogens is 2. The van der Waals surface area contributed by atoms with Crippen molar-refractivity contribution >= 4 is 40.2 Å². The van der Waals surface area contributed by atoms with Crippen LogP contribution in [0.5, 0.6) is 5.75 Å². The molecule has 9 nitrogen and oxygen atoms in total. The lowest BCUT2D eigenvalue weighted by Crippen LogP contribution is -2.63. The van der Waals surface area contributed by atoms with E-state index >= 15 is 4.39 Å². The number of halogens is 3. The number of phenolic OH excluding ortho intramolecular Hbond substituents is 1. The van der Waals surface area contributed by atoms with Crippen LogP contribution >= 0.6 is 11.6 Å². The third kappa shape index (κ3) is 5.06. The molecule has 0 radical (unpaired) electrons. The molecule has 3 aromatic rings. The number of carbonyl (C=O) groups is 1. The van der Waals surface area contributed by atoms with Gasteiger partial charge in [-0.3, -0.25) is 9.69 Å². The zero-order chi connectivity index (χ0) is 28.8. The number of anilines is 2. The van der Waals surface area contributed by atoms with Crippen molar-refractivity contribution in [2.75, 3.05) is 82.3 Å². The summed E-state index contributed by atoms with van der Waals surface area (Å²) in [7, 11) is 2.12. The smallest absolute Gasteiger partial charge is 0.246 e. The minimum absolute atomic E-state index is 0.000280. The maximum atomic E-state index is 16.3. The van der Waals surface area contributed by atoms with Gasteiger partial charge in [0.05, 0.1) is 10.6 Å². The third-order valence-corrected chi connectivity index (χ3v) is 8.66. The van der Waals surface area contributed by atoms with Crippen molar-refractivity contribution in [3.05, 3.63) is 53.6 Å². The van der Waals surface area contributed by atoms with Gasteiger partial charge in [-0.2, -0.15) is 4.98 Å². The van der Waals surface area contributed by atoms with Crippen molar-refractivity contribution in [1.29, 1.82) is 0 Å². The Hall–Kier alpha value is -3.54. The number of phenols is 1. The molecule has 6 rings (SSSR count). The van der Waals surface area contributed by atoms with Gasteiger partial charge in [-0.15, -0.1) is 0 Å². The lowest BCUT2D eigenvalue weighted by Gasteiger charge is -2.48. The summed E-state index contributed by atoms with van der Waals surface area (Å²) in [4.78, 5) is 32.2. The SMILES string of the molecule is C=CC(=O)N1CCN(c2nc(N3CC(N4CCN(C)CC4)C3)nc3c(F)c(-c4c(O)cccc4F)c(Cl)cc23)CC1. The first-order valence-electron chi connectivity index (χ1n) is 13.8. The predicted molar refractivity (Wildman–Crippen MR) is 156 cm³/mol. The van der Waals surface area contributed by atoms with E-state index in [4.69, 9.17) is 16.6 Å². The van der Waals surface area contributed by atoms with E-state index in [1.165, 1.54) is 24.3 Å². The maximum Gasteiger partial charge on any atom is 0.246 e. The average Bonchev–Trinajstić information content (AvgIpc) is 2.94. The van der Waals surface area contributed by atoms with Gasteiger partial charge in [0, 0.05) is 82.4 Å². The number of hydrogen-bond acceptors (Lipinski definition) is 8. The van der Waals surface area contributed by atoms with E-state index < -0.39 is 17.4 Å². The maximum absolute atomic E-state index is 16.3. The fourth-order valence-corrected chi connectivity index (χ4v) is 6.13. The lowest BCUT2D eigenvalue weighted by atomic mass is 10.0. The summed E-state index contributed by atoms with van der Waals surface area (Å²) in [6.45, 7) is 10.9. The van der Waals surface area contributed by atoms with Crippen LogP contribution in [-0.4, -0.2) is 114 Å². The van der Waals surface area contributed by atoms with Crippen molar-refractivity contribution in [2.45, 2.75) is 6.04 Å². The van der Waals surface area contributed by atoms with Gasteiger partial charge >= 0.3 is 0 Å². The quantitative estimate of drug-likeness (QED) is 0.459. The number of likely N-dealkylation sites (N-methyl/N-ethyl adjacent to an activating group) is 1. The first kappa shape index (κ1) is 27.6. The number of fused-ring (bicyclic) bond motifs is 1. The van der Waals surface area contributed by atoms with E-state index in [-0.39, 0.29) is 27.6 Å². The summed E-state index contributed by atoms with van der Waals surface area (Å²) in [6.07, 6.45) is 1.29. The normalized spacial score (nSPS) is 19.1. The number of hydrogen-bond donors (Lipinski definition) is 1. The molecule has 1 aromatic heterocycles. The highest BCUT2D eigenvalue weighted by molar-refractivity contribution is 6.34. The van der Waals surface area contributed by atoms with Gasteiger partial charge in [0.2, 0.25) is 11.9 Å². The molecule has 0 aliphatic carbocycles. The van der Waals surface area contributed by atoms with Gasteiger partial charge < -0.3 is 24.7 Å². The highest BCUT2D eigenvalue weighted by Gasteiger charge is 2.36. The number of aromatic hydroxyl groups is 1. The molecular weight excluding hydrogens is 552 g/mol. The Morgan fingerprint density at radius 2 is 1.73 bits per heavy atom. The van der Waals surface area contributed by atoms with Crippen molar-refractivity contribution in [3.8, 4) is 16.9 Å². The first-order chi connectivity index (χ1) is 19.7. The van der Waals surface area contributed by atoms with E-state index in [0.29, 0.717) is 62.5 Å². The Labute approximate surface area is 242 Å². The second-order valence-electron chi connectivity index (χ2n) is 10.8. The van der Waals surface area contributed by atoms with Crippen LogP contribution in [0.25, 0.3) is 22.0 Å². The molecule has 3 aliphatic heterocycles. The van der Waals surface area contributed by atoms with Crippen LogP contribution in [0.15, 0.2) is 36.9 Å². The Bertz CT molecular complexity index is 1480. The molecule has 0 saturated carbocycles.